The molecule has 88 valence electrons. The van der Waals surface area contributed by atoms with E-state index in [-0.39, 0.29) is 0 Å². The van der Waals surface area contributed by atoms with E-state index in [1.807, 2.05) is 6.07 Å². The SMILES string of the molecule is CC1CCOC(S(=O)(=O)c2ccccc2)C1. The molecule has 1 fully saturated rings. The van der Waals surface area contributed by atoms with E-state index in [4.69, 9.17) is 4.74 Å². The summed E-state index contributed by atoms with van der Waals surface area (Å²) in [6.07, 6.45) is 1.54. The number of hydrogen-bond acceptors (Lipinski definition) is 3. The zero-order valence-electron chi connectivity index (χ0n) is 9.30. The molecule has 0 saturated carbocycles. The molecule has 16 heavy (non-hydrogen) atoms. The Kier molecular flexibility index (Phi) is 3.30. The molecule has 1 aromatic carbocycles. The van der Waals surface area contributed by atoms with Gasteiger partial charge in [0.05, 0.1) is 4.90 Å². The van der Waals surface area contributed by atoms with Crippen LogP contribution in [0.15, 0.2) is 35.2 Å². The molecule has 1 aromatic rings. The third kappa shape index (κ3) is 2.28. The minimum Gasteiger partial charge on any atom is -0.362 e. The zero-order chi connectivity index (χ0) is 11.6. The highest BCUT2D eigenvalue weighted by molar-refractivity contribution is 7.91. The Morgan fingerprint density at radius 2 is 1.94 bits per heavy atom. The molecule has 0 bridgehead atoms. The van der Waals surface area contributed by atoms with E-state index in [2.05, 4.69) is 6.92 Å². The van der Waals surface area contributed by atoms with Gasteiger partial charge in [-0.05, 0) is 30.9 Å². The molecule has 0 spiro atoms. The van der Waals surface area contributed by atoms with Crippen LogP contribution in [0.25, 0.3) is 0 Å². The fourth-order valence-corrected chi connectivity index (χ4v) is 3.59. The second-order valence-electron chi connectivity index (χ2n) is 4.29. The van der Waals surface area contributed by atoms with Gasteiger partial charge in [0.1, 0.15) is 0 Å². The fourth-order valence-electron chi connectivity index (χ4n) is 1.89. The lowest BCUT2D eigenvalue weighted by Crippen LogP contribution is -2.31. The highest BCUT2D eigenvalue weighted by Crippen LogP contribution is 2.27. The Bertz CT molecular complexity index is 439. The molecule has 2 atom stereocenters. The monoisotopic (exact) mass is 240 g/mol. The maximum absolute atomic E-state index is 12.2. The molecule has 4 heteroatoms. The molecule has 0 aromatic heterocycles. The van der Waals surface area contributed by atoms with Crippen molar-refractivity contribution in [2.75, 3.05) is 6.61 Å². The van der Waals surface area contributed by atoms with E-state index in [1.54, 1.807) is 24.3 Å². The smallest absolute Gasteiger partial charge is 0.205 e. The van der Waals surface area contributed by atoms with Crippen LogP contribution in [0.2, 0.25) is 0 Å². The van der Waals surface area contributed by atoms with Crippen molar-refractivity contribution in [1.82, 2.24) is 0 Å². The molecule has 1 heterocycles. The normalized spacial score (nSPS) is 26.6. The molecule has 0 aliphatic carbocycles. The Balaban J connectivity index is 2.26. The van der Waals surface area contributed by atoms with Crippen LogP contribution in [0.4, 0.5) is 0 Å². The predicted molar refractivity (Wildman–Crippen MR) is 61.8 cm³/mol. The largest absolute Gasteiger partial charge is 0.362 e. The van der Waals surface area contributed by atoms with Crippen molar-refractivity contribution in [2.45, 2.75) is 30.1 Å². The molecule has 2 rings (SSSR count). The third-order valence-corrected chi connectivity index (χ3v) is 4.88. The maximum Gasteiger partial charge on any atom is 0.205 e. The summed E-state index contributed by atoms with van der Waals surface area (Å²) in [6.45, 7) is 2.61. The van der Waals surface area contributed by atoms with Gasteiger partial charge in [-0.25, -0.2) is 8.42 Å². The van der Waals surface area contributed by atoms with Crippen molar-refractivity contribution in [3.63, 3.8) is 0 Å². The Morgan fingerprint density at radius 1 is 1.25 bits per heavy atom. The number of benzene rings is 1. The van der Waals surface area contributed by atoms with Crippen LogP contribution in [0.1, 0.15) is 19.8 Å². The van der Waals surface area contributed by atoms with Gasteiger partial charge in [0.25, 0.3) is 0 Å². The van der Waals surface area contributed by atoms with E-state index < -0.39 is 15.3 Å². The highest BCUT2D eigenvalue weighted by atomic mass is 32.2. The van der Waals surface area contributed by atoms with Gasteiger partial charge in [-0.2, -0.15) is 0 Å². The van der Waals surface area contributed by atoms with Crippen molar-refractivity contribution in [2.24, 2.45) is 5.92 Å². The molecule has 1 aliphatic rings. The van der Waals surface area contributed by atoms with E-state index in [0.717, 1.165) is 6.42 Å². The lowest BCUT2D eigenvalue weighted by atomic mass is 10.0. The quantitative estimate of drug-likeness (QED) is 0.796. The van der Waals surface area contributed by atoms with Crippen LogP contribution in [-0.4, -0.2) is 20.5 Å². The molecule has 2 unspecified atom stereocenters. The van der Waals surface area contributed by atoms with Gasteiger partial charge in [-0.3, -0.25) is 0 Å². The van der Waals surface area contributed by atoms with Crippen molar-refractivity contribution in [3.05, 3.63) is 30.3 Å². The topological polar surface area (TPSA) is 43.4 Å². The molecular formula is C12H16O3S. The standard InChI is InChI=1S/C12H16O3S/c1-10-7-8-15-12(9-10)16(13,14)11-5-3-2-4-6-11/h2-6,10,12H,7-9H2,1H3. The summed E-state index contributed by atoms with van der Waals surface area (Å²) >= 11 is 0. The van der Waals surface area contributed by atoms with Gasteiger partial charge in [0, 0.05) is 6.61 Å². The van der Waals surface area contributed by atoms with Crippen LogP contribution in [-0.2, 0) is 14.6 Å². The molecule has 1 saturated heterocycles. The number of hydrogen-bond donors (Lipinski definition) is 0. The molecule has 0 radical (unpaired) electrons. The number of ether oxygens (including phenoxy) is 1. The predicted octanol–water partition coefficient (Wildman–Crippen LogP) is 2.23. The molecule has 3 nitrogen and oxygen atoms in total. The van der Waals surface area contributed by atoms with Crippen LogP contribution in [0.3, 0.4) is 0 Å². The highest BCUT2D eigenvalue weighted by Gasteiger charge is 2.32. The molecule has 1 aliphatic heterocycles. The average Bonchev–Trinajstić information content (AvgIpc) is 2.30. The van der Waals surface area contributed by atoms with Gasteiger partial charge < -0.3 is 4.74 Å². The van der Waals surface area contributed by atoms with Gasteiger partial charge >= 0.3 is 0 Å². The van der Waals surface area contributed by atoms with Gasteiger partial charge in [0.15, 0.2) is 5.44 Å². The summed E-state index contributed by atoms with van der Waals surface area (Å²) in [5, 5.41) is 0. The van der Waals surface area contributed by atoms with Crippen molar-refractivity contribution < 1.29 is 13.2 Å². The van der Waals surface area contributed by atoms with E-state index in [0.29, 0.717) is 23.8 Å². The van der Waals surface area contributed by atoms with E-state index in [1.165, 1.54) is 0 Å². The first-order valence-electron chi connectivity index (χ1n) is 5.51. The number of sulfone groups is 1. The van der Waals surface area contributed by atoms with Crippen molar-refractivity contribution >= 4 is 9.84 Å². The molecule has 0 amide bonds. The summed E-state index contributed by atoms with van der Waals surface area (Å²) in [5.74, 6) is 0.414. The number of rotatable bonds is 2. The molecular weight excluding hydrogens is 224 g/mol. The summed E-state index contributed by atoms with van der Waals surface area (Å²) in [6, 6.07) is 8.53. The lowest BCUT2D eigenvalue weighted by Gasteiger charge is -2.26. The summed E-state index contributed by atoms with van der Waals surface area (Å²) in [7, 11) is -3.32. The zero-order valence-corrected chi connectivity index (χ0v) is 10.1. The first-order valence-corrected chi connectivity index (χ1v) is 7.06. The first-order chi connectivity index (χ1) is 7.60. The average molecular weight is 240 g/mol. The molecule has 0 N–H and O–H groups in total. The second kappa shape index (κ2) is 4.55. The van der Waals surface area contributed by atoms with Gasteiger partial charge in [-0.15, -0.1) is 0 Å². The minimum absolute atomic E-state index is 0.356. The van der Waals surface area contributed by atoms with Crippen LogP contribution in [0, 0.1) is 5.92 Å². The maximum atomic E-state index is 12.2. The lowest BCUT2D eigenvalue weighted by molar-refractivity contribution is 0.0426. The minimum atomic E-state index is -3.32. The van der Waals surface area contributed by atoms with Gasteiger partial charge in [0.2, 0.25) is 9.84 Å². The van der Waals surface area contributed by atoms with E-state index in [9.17, 15) is 8.42 Å². The first kappa shape index (κ1) is 11.6. The summed E-state index contributed by atoms with van der Waals surface area (Å²) < 4.78 is 29.8. The van der Waals surface area contributed by atoms with Crippen LogP contribution >= 0.6 is 0 Å². The third-order valence-electron chi connectivity index (χ3n) is 2.93. The fraction of sp³-hybridized carbons (Fsp3) is 0.500. The second-order valence-corrected chi connectivity index (χ2v) is 6.38. The van der Waals surface area contributed by atoms with Crippen LogP contribution in [0.5, 0.6) is 0 Å². The van der Waals surface area contributed by atoms with E-state index >= 15 is 0 Å². The van der Waals surface area contributed by atoms with Crippen molar-refractivity contribution in [3.8, 4) is 0 Å². The Morgan fingerprint density at radius 3 is 2.56 bits per heavy atom. The van der Waals surface area contributed by atoms with Gasteiger partial charge in [-0.1, -0.05) is 25.1 Å². The Labute approximate surface area is 96.4 Å². The summed E-state index contributed by atoms with van der Waals surface area (Å²) in [5.41, 5.74) is -0.668. The Hall–Kier alpha value is -0.870. The van der Waals surface area contributed by atoms with Crippen LogP contribution < -0.4 is 0 Å². The van der Waals surface area contributed by atoms with Crippen molar-refractivity contribution in [1.29, 1.82) is 0 Å². The summed E-state index contributed by atoms with van der Waals surface area (Å²) in [4.78, 5) is 0.356.